The Hall–Kier alpha value is -4.68. The topological polar surface area (TPSA) is 0 Å². The van der Waals surface area contributed by atoms with E-state index in [0.717, 1.165) is 0 Å². The second-order valence-electron chi connectivity index (χ2n) is 10.8. The molecule has 0 N–H and O–H groups in total. The van der Waals surface area contributed by atoms with Crippen molar-refractivity contribution in [1.29, 1.82) is 0 Å². The third kappa shape index (κ3) is 2.55. The van der Waals surface area contributed by atoms with Gasteiger partial charge in [-0.05, 0) is 78.0 Å². The predicted octanol–water partition coefficient (Wildman–Crippen LogP) is 8.91. The molecule has 2 unspecified atom stereocenters. The van der Waals surface area contributed by atoms with E-state index in [-0.39, 0.29) is 0 Å². The van der Waals surface area contributed by atoms with Crippen LogP contribution in [-0.4, -0.2) is 0 Å². The molecular formula is C38H24. The van der Waals surface area contributed by atoms with Crippen LogP contribution in [0.3, 0.4) is 0 Å². The lowest BCUT2D eigenvalue weighted by Gasteiger charge is -2.42. The minimum absolute atomic E-state index is 0.370. The molecule has 6 aliphatic carbocycles. The summed E-state index contributed by atoms with van der Waals surface area (Å²) in [5, 5.41) is 0. The molecule has 0 nitrogen and oxygen atoms in total. The van der Waals surface area contributed by atoms with E-state index in [2.05, 4.69) is 134 Å². The number of allylic oxidation sites excluding steroid dienone is 17. The Balaban J connectivity index is 1.40. The van der Waals surface area contributed by atoms with E-state index in [9.17, 15) is 0 Å². The molecule has 0 amide bonds. The van der Waals surface area contributed by atoms with E-state index in [1.165, 1.54) is 78.0 Å². The third-order valence-corrected chi connectivity index (χ3v) is 8.99. The van der Waals surface area contributed by atoms with Crippen molar-refractivity contribution in [2.24, 2.45) is 11.8 Å². The molecule has 2 atom stereocenters. The first-order chi connectivity index (χ1) is 18.9. The SMILES string of the molecule is C1=CC2=CC=C3C=CC=C4C(C5=C6C(=C(c7ccccc7)c7ccccc76)c6ccccc65)=CC(=C1)C2C34. The lowest BCUT2D eigenvalue weighted by Crippen LogP contribution is -2.30. The zero-order valence-electron chi connectivity index (χ0n) is 20.9. The number of rotatable bonds is 2. The largest absolute Gasteiger partial charge is 0.0622 e. The van der Waals surface area contributed by atoms with Crippen LogP contribution in [0.25, 0.3) is 22.3 Å². The van der Waals surface area contributed by atoms with Crippen LogP contribution in [0, 0.1) is 11.8 Å². The normalized spacial score (nSPS) is 23.1. The lowest BCUT2D eigenvalue weighted by molar-refractivity contribution is 0.559. The van der Waals surface area contributed by atoms with E-state index in [1.807, 2.05) is 0 Å². The van der Waals surface area contributed by atoms with Crippen molar-refractivity contribution in [2.45, 2.75) is 0 Å². The standard InChI is InChI=1S/C38H24/c1-2-10-23(11-3-1)35-27-15-4-6-17-29(27)38-36(28-16-5-7-18-30(28)37(35)38)32-22-26-14-8-12-24-20-21-25-13-9-19-31(32)34(25)33(24)26/h1-22,33-34H. The van der Waals surface area contributed by atoms with E-state index < -0.39 is 0 Å². The molecule has 0 heterocycles. The Morgan fingerprint density at radius 1 is 0.421 bits per heavy atom. The molecule has 0 bridgehead atoms. The molecule has 0 aromatic heterocycles. The maximum atomic E-state index is 2.50. The van der Waals surface area contributed by atoms with Crippen LogP contribution >= 0.6 is 0 Å². The summed E-state index contributed by atoms with van der Waals surface area (Å²) in [6.45, 7) is 0. The van der Waals surface area contributed by atoms with E-state index in [4.69, 9.17) is 0 Å². The van der Waals surface area contributed by atoms with Crippen molar-refractivity contribution in [3.05, 3.63) is 189 Å². The minimum atomic E-state index is 0.370. The highest BCUT2D eigenvalue weighted by Gasteiger charge is 2.44. The van der Waals surface area contributed by atoms with Crippen molar-refractivity contribution >= 4 is 22.3 Å². The Labute approximate surface area is 223 Å². The van der Waals surface area contributed by atoms with Gasteiger partial charge in [0, 0.05) is 11.8 Å². The van der Waals surface area contributed by atoms with Crippen molar-refractivity contribution in [3.63, 3.8) is 0 Å². The van der Waals surface area contributed by atoms with Crippen LogP contribution in [-0.2, 0) is 0 Å². The van der Waals surface area contributed by atoms with Crippen LogP contribution in [0.4, 0.5) is 0 Å². The summed E-state index contributed by atoms with van der Waals surface area (Å²) in [5.41, 5.74) is 19.3. The van der Waals surface area contributed by atoms with Crippen molar-refractivity contribution in [3.8, 4) is 0 Å². The molecular weight excluding hydrogens is 456 g/mol. The first-order valence-electron chi connectivity index (χ1n) is 13.5. The second kappa shape index (κ2) is 7.43. The molecule has 3 aromatic rings. The van der Waals surface area contributed by atoms with Crippen LogP contribution in [0.5, 0.6) is 0 Å². The molecule has 176 valence electrons. The summed E-state index contributed by atoms with van der Waals surface area (Å²) in [6, 6.07) is 29.0. The van der Waals surface area contributed by atoms with Gasteiger partial charge in [0.15, 0.2) is 0 Å². The molecule has 6 aliphatic rings. The molecule has 9 rings (SSSR count). The molecule has 0 aliphatic heterocycles. The van der Waals surface area contributed by atoms with Gasteiger partial charge >= 0.3 is 0 Å². The first-order valence-corrected chi connectivity index (χ1v) is 13.5. The van der Waals surface area contributed by atoms with Gasteiger partial charge in [0.2, 0.25) is 0 Å². The molecule has 0 fully saturated rings. The van der Waals surface area contributed by atoms with E-state index in [1.54, 1.807) is 0 Å². The Kier molecular flexibility index (Phi) is 3.99. The third-order valence-electron chi connectivity index (χ3n) is 8.99. The van der Waals surface area contributed by atoms with Crippen LogP contribution in [0.2, 0.25) is 0 Å². The Morgan fingerprint density at radius 3 is 1.68 bits per heavy atom. The summed E-state index contributed by atoms with van der Waals surface area (Å²) in [4.78, 5) is 0. The second-order valence-corrected chi connectivity index (χ2v) is 10.8. The van der Waals surface area contributed by atoms with Gasteiger partial charge in [-0.3, -0.25) is 0 Å². The quantitative estimate of drug-likeness (QED) is 0.343. The zero-order valence-corrected chi connectivity index (χ0v) is 20.9. The molecule has 0 saturated heterocycles. The van der Waals surface area contributed by atoms with Gasteiger partial charge in [-0.2, -0.15) is 0 Å². The van der Waals surface area contributed by atoms with Crippen LogP contribution in [0.1, 0.15) is 27.8 Å². The summed E-state index contributed by atoms with van der Waals surface area (Å²) in [7, 11) is 0. The summed E-state index contributed by atoms with van der Waals surface area (Å²) in [6.07, 6.45) is 20.9. The van der Waals surface area contributed by atoms with Gasteiger partial charge in [0.25, 0.3) is 0 Å². The molecule has 0 heteroatoms. The highest BCUT2D eigenvalue weighted by molar-refractivity contribution is 6.35. The number of fused-ring (bicyclic) bond motifs is 5. The highest BCUT2D eigenvalue weighted by atomic mass is 14.5. The fourth-order valence-corrected chi connectivity index (χ4v) is 7.53. The first kappa shape index (κ1) is 20.4. The van der Waals surface area contributed by atoms with Gasteiger partial charge in [-0.25, -0.2) is 0 Å². The summed E-state index contributed by atoms with van der Waals surface area (Å²) in [5.74, 6) is 0.780. The fraction of sp³-hybridized carbons (Fsp3) is 0.0526. The summed E-state index contributed by atoms with van der Waals surface area (Å²) < 4.78 is 0. The van der Waals surface area contributed by atoms with Crippen LogP contribution < -0.4 is 0 Å². The van der Waals surface area contributed by atoms with E-state index >= 15 is 0 Å². The Bertz CT molecular complexity index is 1890. The van der Waals surface area contributed by atoms with E-state index in [0.29, 0.717) is 11.8 Å². The molecule has 0 radical (unpaired) electrons. The van der Waals surface area contributed by atoms with Gasteiger partial charge in [-0.1, -0.05) is 134 Å². The predicted molar refractivity (Wildman–Crippen MR) is 158 cm³/mol. The van der Waals surface area contributed by atoms with Crippen molar-refractivity contribution < 1.29 is 0 Å². The van der Waals surface area contributed by atoms with Crippen LogP contribution in [0.15, 0.2) is 161 Å². The maximum Gasteiger partial charge on any atom is 0.0205 e. The van der Waals surface area contributed by atoms with Crippen molar-refractivity contribution in [2.75, 3.05) is 0 Å². The lowest BCUT2D eigenvalue weighted by atomic mass is 9.61. The molecule has 0 spiro atoms. The van der Waals surface area contributed by atoms with Gasteiger partial charge in [0.05, 0.1) is 0 Å². The molecule has 0 saturated carbocycles. The number of benzene rings is 3. The van der Waals surface area contributed by atoms with Gasteiger partial charge < -0.3 is 0 Å². The van der Waals surface area contributed by atoms with Crippen molar-refractivity contribution in [1.82, 2.24) is 0 Å². The molecule has 38 heavy (non-hydrogen) atoms. The smallest absolute Gasteiger partial charge is 0.0205 e. The maximum absolute atomic E-state index is 2.50. The zero-order chi connectivity index (χ0) is 24.8. The average Bonchev–Trinajstić information content (AvgIpc) is 3.49. The average molecular weight is 481 g/mol. The molecule has 3 aromatic carbocycles. The minimum Gasteiger partial charge on any atom is -0.0622 e. The van der Waals surface area contributed by atoms with Gasteiger partial charge in [-0.15, -0.1) is 0 Å². The summed E-state index contributed by atoms with van der Waals surface area (Å²) >= 11 is 0. The fourth-order valence-electron chi connectivity index (χ4n) is 7.53. The Morgan fingerprint density at radius 2 is 0.974 bits per heavy atom. The number of hydrogen-bond donors (Lipinski definition) is 0. The monoisotopic (exact) mass is 480 g/mol. The number of hydrogen-bond acceptors (Lipinski definition) is 0. The highest BCUT2D eigenvalue weighted by Crippen LogP contribution is 2.61. The van der Waals surface area contributed by atoms with Gasteiger partial charge in [0.1, 0.15) is 0 Å².